The molecule has 21 heavy (non-hydrogen) atoms. The molecule has 0 fully saturated rings. The summed E-state index contributed by atoms with van der Waals surface area (Å²) in [4.78, 5) is 0. The van der Waals surface area contributed by atoms with Crippen LogP contribution in [0.25, 0.3) is 0 Å². The summed E-state index contributed by atoms with van der Waals surface area (Å²) in [7, 11) is 1.89. The van der Waals surface area contributed by atoms with E-state index in [0.717, 1.165) is 16.7 Å². The maximum Gasteiger partial charge on any atom is 0.123 e. The van der Waals surface area contributed by atoms with Crippen LogP contribution in [0.15, 0.2) is 42.5 Å². The van der Waals surface area contributed by atoms with Gasteiger partial charge >= 0.3 is 0 Å². The third kappa shape index (κ3) is 3.13. The molecule has 0 heterocycles. The monoisotopic (exact) mass is 289 g/mol. The van der Waals surface area contributed by atoms with E-state index in [9.17, 15) is 8.78 Å². The van der Waals surface area contributed by atoms with Gasteiger partial charge < -0.3 is 5.32 Å². The summed E-state index contributed by atoms with van der Waals surface area (Å²) < 4.78 is 26.4. The lowest BCUT2D eigenvalue weighted by Crippen LogP contribution is -2.36. The molecular formula is C18H21F2N. The van der Waals surface area contributed by atoms with E-state index < -0.39 is 0 Å². The molecule has 2 aromatic carbocycles. The van der Waals surface area contributed by atoms with Crippen molar-refractivity contribution in [1.82, 2.24) is 5.32 Å². The number of likely N-dealkylation sites (N-methyl/N-ethyl adjacent to an activating group) is 1. The van der Waals surface area contributed by atoms with E-state index >= 15 is 0 Å². The van der Waals surface area contributed by atoms with E-state index in [0.29, 0.717) is 0 Å². The SMILES string of the molecule is CNC(c1ccc(F)cc1C)C(C)(C)c1ccc(F)cc1. The van der Waals surface area contributed by atoms with Gasteiger partial charge in [0.2, 0.25) is 0 Å². The van der Waals surface area contributed by atoms with Gasteiger partial charge in [0.25, 0.3) is 0 Å². The van der Waals surface area contributed by atoms with Crippen molar-refractivity contribution in [3.05, 3.63) is 70.8 Å². The van der Waals surface area contributed by atoms with E-state index in [1.54, 1.807) is 18.2 Å². The highest BCUT2D eigenvalue weighted by Crippen LogP contribution is 2.38. The average molecular weight is 289 g/mol. The Kier molecular flexibility index (Phi) is 4.43. The third-order valence-electron chi connectivity index (χ3n) is 4.14. The van der Waals surface area contributed by atoms with Gasteiger partial charge in [-0.1, -0.05) is 32.0 Å². The average Bonchev–Trinajstić information content (AvgIpc) is 2.42. The van der Waals surface area contributed by atoms with Crippen molar-refractivity contribution in [3.63, 3.8) is 0 Å². The summed E-state index contributed by atoms with van der Waals surface area (Å²) in [5, 5.41) is 3.32. The van der Waals surface area contributed by atoms with Crippen LogP contribution in [0.3, 0.4) is 0 Å². The second-order valence-corrected chi connectivity index (χ2v) is 5.95. The van der Waals surface area contributed by atoms with Crippen LogP contribution >= 0.6 is 0 Å². The van der Waals surface area contributed by atoms with Crippen molar-refractivity contribution in [2.24, 2.45) is 0 Å². The summed E-state index contributed by atoms with van der Waals surface area (Å²) in [6, 6.07) is 11.4. The zero-order valence-electron chi connectivity index (χ0n) is 12.9. The fraction of sp³-hybridized carbons (Fsp3) is 0.333. The maximum atomic E-state index is 13.3. The van der Waals surface area contributed by atoms with Gasteiger partial charge in [-0.3, -0.25) is 0 Å². The molecule has 0 amide bonds. The highest BCUT2D eigenvalue weighted by atomic mass is 19.1. The van der Waals surface area contributed by atoms with Gasteiger partial charge in [0.1, 0.15) is 11.6 Å². The van der Waals surface area contributed by atoms with Crippen molar-refractivity contribution in [1.29, 1.82) is 0 Å². The molecule has 112 valence electrons. The predicted octanol–water partition coefficient (Wildman–Crippen LogP) is 4.51. The second-order valence-electron chi connectivity index (χ2n) is 5.95. The molecule has 0 aliphatic carbocycles. The van der Waals surface area contributed by atoms with Crippen molar-refractivity contribution in [3.8, 4) is 0 Å². The standard InChI is InChI=1S/C18H21F2N/c1-12-11-15(20)9-10-16(12)17(21-4)18(2,3)13-5-7-14(19)8-6-13/h5-11,17,21H,1-4H3. The molecule has 1 unspecified atom stereocenters. The van der Waals surface area contributed by atoms with Crippen molar-refractivity contribution in [2.45, 2.75) is 32.2 Å². The first-order valence-electron chi connectivity index (χ1n) is 7.05. The van der Waals surface area contributed by atoms with Gasteiger partial charge in [0.15, 0.2) is 0 Å². The lowest BCUT2D eigenvalue weighted by atomic mass is 9.74. The zero-order valence-corrected chi connectivity index (χ0v) is 12.9. The van der Waals surface area contributed by atoms with Crippen LogP contribution < -0.4 is 5.32 Å². The quantitative estimate of drug-likeness (QED) is 0.873. The number of nitrogens with one attached hydrogen (secondary N) is 1. The molecular weight excluding hydrogens is 268 g/mol. The summed E-state index contributed by atoms with van der Waals surface area (Å²) >= 11 is 0. The lowest BCUT2D eigenvalue weighted by molar-refractivity contribution is 0.366. The molecule has 0 aliphatic heterocycles. The molecule has 0 saturated heterocycles. The van der Waals surface area contributed by atoms with Gasteiger partial charge in [0.05, 0.1) is 0 Å². The number of rotatable bonds is 4. The number of halogens is 2. The minimum Gasteiger partial charge on any atom is -0.312 e. The normalized spacial score (nSPS) is 13.2. The first-order chi connectivity index (χ1) is 9.86. The fourth-order valence-electron chi connectivity index (χ4n) is 2.91. The van der Waals surface area contributed by atoms with E-state index in [1.807, 2.05) is 20.0 Å². The van der Waals surface area contributed by atoms with Crippen molar-refractivity contribution < 1.29 is 8.78 Å². The minimum absolute atomic E-state index is 0.00330. The largest absolute Gasteiger partial charge is 0.312 e. The number of hydrogen-bond donors (Lipinski definition) is 1. The van der Waals surface area contributed by atoms with Crippen LogP contribution in [0, 0.1) is 18.6 Å². The molecule has 1 N–H and O–H groups in total. The first kappa shape index (κ1) is 15.6. The van der Waals surface area contributed by atoms with Crippen molar-refractivity contribution in [2.75, 3.05) is 7.05 Å². The topological polar surface area (TPSA) is 12.0 Å². The summed E-state index contributed by atoms with van der Waals surface area (Å²) in [6.07, 6.45) is 0. The number of aryl methyl sites for hydroxylation is 1. The van der Waals surface area contributed by atoms with Gasteiger partial charge in [-0.15, -0.1) is 0 Å². The predicted molar refractivity (Wildman–Crippen MR) is 82.4 cm³/mol. The Hall–Kier alpha value is -1.74. The molecule has 0 aliphatic rings. The molecule has 0 spiro atoms. The van der Waals surface area contributed by atoms with Gasteiger partial charge in [-0.2, -0.15) is 0 Å². The highest BCUT2D eigenvalue weighted by Gasteiger charge is 2.32. The first-order valence-corrected chi connectivity index (χ1v) is 7.05. The van der Waals surface area contributed by atoms with E-state index in [-0.39, 0.29) is 23.1 Å². The summed E-state index contributed by atoms with van der Waals surface area (Å²) in [5.74, 6) is -0.473. The molecule has 0 saturated carbocycles. The highest BCUT2D eigenvalue weighted by molar-refractivity contribution is 5.36. The molecule has 0 radical (unpaired) electrons. The second kappa shape index (κ2) is 5.94. The summed E-state index contributed by atoms with van der Waals surface area (Å²) in [5.41, 5.74) is 2.73. The van der Waals surface area contributed by atoms with Crippen LogP contribution in [-0.4, -0.2) is 7.05 Å². The van der Waals surface area contributed by atoms with Crippen LogP contribution in [0.5, 0.6) is 0 Å². The zero-order chi connectivity index (χ0) is 15.6. The van der Waals surface area contributed by atoms with Crippen LogP contribution in [0.1, 0.15) is 36.6 Å². The Morgan fingerprint density at radius 2 is 1.52 bits per heavy atom. The van der Waals surface area contributed by atoms with E-state index in [4.69, 9.17) is 0 Å². The van der Waals surface area contributed by atoms with E-state index in [2.05, 4.69) is 19.2 Å². The molecule has 2 rings (SSSR count). The van der Waals surface area contributed by atoms with Crippen molar-refractivity contribution >= 4 is 0 Å². The van der Waals surface area contributed by atoms with Crippen LogP contribution in [0.2, 0.25) is 0 Å². The third-order valence-corrected chi connectivity index (χ3v) is 4.14. The summed E-state index contributed by atoms with van der Waals surface area (Å²) in [6.45, 7) is 6.11. The van der Waals surface area contributed by atoms with Crippen LogP contribution in [-0.2, 0) is 5.41 Å². The Morgan fingerprint density at radius 3 is 2.05 bits per heavy atom. The fourth-order valence-corrected chi connectivity index (χ4v) is 2.91. The molecule has 1 atom stereocenters. The van der Waals surface area contributed by atoms with E-state index in [1.165, 1.54) is 18.2 Å². The van der Waals surface area contributed by atoms with Gasteiger partial charge in [0, 0.05) is 11.5 Å². The number of benzene rings is 2. The van der Waals surface area contributed by atoms with Gasteiger partial charge in [-0.25, -0.2) is 8.78 Å². The Bertz CT molecular complexity index is 618. The molecule has 1 nitrogen and oxygen atoms in total. The Balaban J connectivity index is 2.45. The molecule has 0 bridgehead atoms. The van der Waals surface area contributed by atoms with Crippen LogP contribution in [0.4, 0.5) is 8.78 Å². The smallest absolute Gasteiger partial charge is 0.123 e. The molecule has 2 aromatic rings. The molecule has 0 aromatic heterocycles. The minimum atomic E-state index is -0.259. The Morgan fingerprint density at radius 1 is 0.952 bits per heavy atom. The lowest BCUT2D eigenvalue weighted by Gasteiger charge is -2.36. The number of hydrogen-bond acceptors (Lipinski definition) is 1. The maximum absolute atomic E-state index is 13.3. The Labute approximate surface area is 125 Å². The molecule has 3 heteroatoms. The van der Waals surface area contributed by atoms with Gasteiger partial charge in [-0.05, 0) is 54.9 Å².